The molecule has 0 unspecified atom stereocenters. The largest absolute Gasteiger partial charge is 0.452 e. The van der Waals surface area contributed by atoms with Crippen LogP contribution in [0.5, 0.6) is 0 Å². The normalized spacial score (nSPS) is 12.5. The molecule has 4 heteroatoms. The second kappa shape index (κ2) is 5.09. The lowest BCUT2D eigenvalue weighted by Gasteiger charge is -2.10. The van der Waals surface area contributed by atoms with Gasteiger partial charge in [-0.2, -0.15) is 0 Å². The van der Waals surface area contributed by atoms with Gasteiger partial charge in [0.2, 0.25) is 5.36 Å². The molecule has 2 aromatic rings. The third-order valence-electron chi connectivity index (χ3n) is 4.14. The van der Waals surface area contributed by atoms with Crippen molar-refractivity contribution in [2.75, 3.05) is 12.3 Å². The van der Waals surface area contributed by atoms with Crippen molar-refractivity contribution in [3.05, 3.63) is 53.4 Å². The first kappa shape index (κ1) is 13.8. The van der Waals surface area contributed by atoms with E-state index in [2.05, 4.69) is 24.9 Å². The molecule has 0 radical (unpaired) electrons. The molecule has 4 rings (SSSR count). The molecule has 0 fully saturated rings. The van der Waals surface area contributed by atoms with Crippen LogP contribution in [-0.4, -0.2) is 11.5 Å². The average Bonchev–Trinajstić information content (AvgIpc) is 2.55. The lowest BCUT2D eigenvalue weighted by atomic mass is 10.1. The fraction of sp³-hybridized carbons (Fsp3) is 0.158. The number of nitrogens with one attached hydrogen (secondary N) is 1. The molecule has 1 aliphatic carbocycles. The minimum atomic E-state index is 0.706. The Balaban J connectivity index is 2.16. The maximum atomic E-state index is 6.17. The van der Waals surface area contributed by atoms with E-state index in [0.717, 1.165) is 45.2 Å². The number of benzene rings is 3. The first-order valence-electron chi connectivity index (χ1n) is 7.76. The van der Waals surface area contributed by atoms with Crippen molar-refractivity contribution in [3.63, 3.8) is 0 Å². The van der Waals surface area contributed by atoms with Gasteiger partial charge >= 0.3 is 0 Å². The smallest absolute Gasteiger partial charge is 0.205 e. The third kappa shape index (κ3) is 2.14. The van der Waals surface area contributed by atoms with Crippen molar-refractivity contribution in [1.82, 2.24) is 4.98 Å². The Labute approximate surface area is 133 Å². The van der Waals surface area contributed by atoms with E-state index >= 15 is 0 Å². The van der Waals surface area contributed by atoms with Crippen LogP contribution in [-0.2, 0) is 0 Å². The number of rotatable bonds is 1. The molecule has 0 aromatic heterocycles. The van der Waals surface area contributed by atoms with Crippen molar-refractivity contribution >= 4 is 27.6 Å². The molecule has 1 aliphatic heterocycles. The molecule has 0 atom stereocenters. The maximum absolute atomic E-state index is 6.17. The Hall–Kier alpha value is -2.88. The molecule has 0 bridgehead atoms. The highest BCUT2D eigenvalue weighted by Gasteiger charge is 2.15. The minimum Gasteiger partial charge on any atom is -0.452 e. The molecule has 2 aromatic carbocycles. The van der Waals surface area contributed by atoms with Crippen molar-refractivity contribution in [1.29, 1.82) is 0 Å². The second-order valence-electron chi connectivity index (χ2n) is 5.74. The first-order chi connectivity index (χ1) is 11.2. The van der Waals surface area contributed by atoms with E-state index in [1.807, 2.05) is 36.4 Å². The van der Waals surface area contributed by atoms with Crippen LogP contribution in [0.25, 0.3) is 33.3 Å². The molecule has 114 valence electrons. The Kier molecular flexibility index (Phi) is 3.05. The van der Waals surface area contributed by atoms with Gasteiger partial charge in [0, 0.05) is 28.1 Å². The number of hydrogen-bond donors (Lipinski definition) is 2. The van der Waals surface area contributed by atoms with Gasteiger partial charge in [-0.15, -0.1) is 0 Å². The zero-order valence-electron chi connectivity index (χ0n) is 13.2. The summed E-state index contributed by atoms with van der Waals surface area (Å²) >= 11 is 0. The first-order valence-corrected chi connectivity index (χ1v) is 7.76. The van der Waals surface area contributed by atoms with Crippen LogP contribution in [0.2, 0.25) is 0 Å². The highest BCUT2D eigenvalue weighted by molar-refractivity contribution is 6.09. The van der Waals surface area contributed by atoms with Crippen molar-refractivity contribution in [2.24, 2.45) is 0 Å². The van der Waals surface area contributed by atoms with E-state index in [-0.39, 0.29) is 0 Å². The van der Waals surface area contributed by atoms with Gasteiger partial charge in [-0.05, 0) is 19.9 Å². The summed E-state index contributed by atoms with van der Waals surface area (Å²) in [6.45, 7) is 5.02. The second-order valence-corrected chi connectivity index (χ2v) is 5.74. The molecule has 23 heavy (non-hydrogen) atoms. The van der Waals surface area contributed by atoms with Crippen molar-refractivity contribution in [2.45, 2.75) is 13.8 Å². The number of nitrogen functional groups attached to an aromatic ring is 1. The van der Waals surface area contributed by atoms with E-state index in [0.29, 0.717) is 11.3 Å². The highest BCUT2D eigenvalue weighted by Crippen LogP contribution is 2.32. The topological polar surface area (TPSA) is 66.0 Å². The molecular formula is C19H18N3O+. The number of fused-ring (bicyclic) bond motifs is 4. The van der Waals surface area contributed by atoms with Gasteiger partial charge in [0.15, 0.2) is 11.3 Å². The molecule has 0 saturated heterocycles. The maximum Gasteiger partial charge on any atom is 0.205 e. The quantitative estimate of drug-likeness (QED) is 0.321. The van der Waals surface area contributed by atoms with Gasteiger partial charge in [0.1, 0.15) is 17.8 Å². The van der Waals surface area contributed by atoms with Crippen LogP contribution in [0.4, 0.5) is 5.69 Å². The Bertz CT molecular complexity index is 1080. The van der Waals surface area contributed by atoms with Gasteiger partial charge in [-0.1, -0.05) is 24.3 Å². The van der Waals surface area contributed by atoms with Crippen LogP contribution in [0.15, 0.2) is 46.9 Å². The molecule has 4 nitrogen and oxygen atoms in total. The predicted molar refractivity (Wildman–Crippen MR) is 91.9 cm³/mol. The summed E-state index contributed by atoms with van der Waals surface area (Å²) in [5, 5.41) is 3.09. The molecular weight excluding hydrogens is 286 g/mol. The molecule has 3 N–H and O–H groups in total. The Morgan fingerprint density at radius 2 is 1.91 bits per heavy atom. The van der Waals surface area contributed by atoms with Gasteiger partial charge < -0.3 is 10.2 Å². The van der Waals surface area contributed by atoms with Gasteiger partial charge in [-0.25, -0.2) is 9.98 Å². The summed E-state index contributed by atoms with van der Waals surface area (Å²) in [5.74, 6) is 0.758. The summed E-state index contributed by atoms with van der Waals surface area (Å²) < 4.78 is 6.09. The van der Waals surface area contributed by atoms with Crippen LogP contribution in [0.3, 0.4) is 0 Å². The number of nitrogens with zero attached hydrogens (tertiary/aromatic N) is 1. The van der Waals surface area contributed by atoms with Crippen molar-refractivity contribution in [3.8, 4) is 11.5 Å². The molecule has 2 aliphatic rings. The van der Waals surface area contributed by atoms with E-state index in [9.17, 15) is 0 Å². The van der Waals surface area contributed by atoms with Crippen LogP contribution in [0.1, 0.15) is 12.5 Å². The number of anilines is 1. The van der Waals surface area contributed by atoms with Crippen molar-refractivity contribution < 1.29 is 9.41 Å². The van der Waals surface area contributed by atoms with E-state index in [1.165, 1.54) is 0 Å². The third-order valence-corrected chi connectivity index (χ3v) is 4.14. The number of hydrogen-bond acceptors (Lipinski definition) is 3. The zero-order chi connectivity index (χ0) is 16.0. The monoisotopic (exact) mass is 304 g/mol. The molecule has 0 spiro atoms. The van der Waals surface area contributed by atoms with Crippen LogP contribution < -0.4 is 16.1 Å². The van der Waals surface area contributed by atoms with Gasteiger partial charge in [0.25, 0.3) is 0 Å². The lowest BCUT2D eigenvalue weighted by molar-refractivity contribution is -0.496. The van der Waals surface area contributed by atoms with Crippen LogP contribution in [0, 0.1) is 6.92 Å². The summed E-state index contributed by atoms with van der Waals surface area (Å²) in [6.07, 6.45) is 0. The number of aryl methyl sites for hydroxylation is 1. The highest BCUT2D eigenvalue weighted by atomic mass is 16.3. The average molecular weight is 304 g/mol. The Morgan fingerprint density at radius 3 is 2.70 bits per heavy atom. The van der Waals surface area contributed by atoms with Gasteiger partial charge in [-0.3, -0.25) is 0 Å². The lowest BCUT2D eigenvalue weighted by Crippen LogP contribution is -2.76. The zero-order valence-corrected chi connectivity index (χ0v) is 13.2. The van der Waals surface area contributed by atoms with E-state index < -0.39 is 0 Å². The summed E-state index contributed by atoms with van der Waals surface area (Å²) in [5.41, 5.74) is 10.4. The SMILES string of the molecule is CC[NH+]=c1cc2oc3cc(N)c4ccccc4c3nc-2cc1C. The summed E-state index contributed by atoms with van der Waals surface area (Å²) in [6, 6.07) is 13.9. The summed E-state index contributed by atoms with van der Waals surface area (Å²) in [4.78, 5) is 8.18. The Morgan fingerprint density at radius 1 is 1.13 bits per heavy atom. The van der Waals surface area contributed by atoms with E-state index in [4.69, 9.17) is 15.1 Å². The van der Waals surface area contributed by atoms with Crippen LogP contribution >= 0.6 is 0 Å². The number of aromatic nitrogens is 1. The minimum absolute atomic E-state index is 0.706. The molecule has 0 amide bonds. The standard InChI is InChI=1S/C19H17N3O/c1-3-21-15-10-17-16(8-11(15)2)22-19-13-7-5-4-6-12(13)14(20)9-18(19)23-17/h4-10H,3,20H2,1-2H3/p+1. The van der Waals surface area contributed by atoms with E-state index in [1.54, 1.807) is 0 Å². The fourth-order valence-electron chi connectivity index (χ4n) is 3.02. The predicted octanol–water partition coefficient (Wildman–Crippen LogP) is 1.98. The molecule has 1 heterocycles. The molecule has 0 saturated carbocycles. The fourth-order valence-corrected chi connectivity index (χ4v) is 3.02. The van der Waals surface area contributed by atoms with Gasteiger partial charge in [0.05, 0.1) is 6.07 Å². The summed E-state index contributed by atoms with van der Waals surface area (Å²) in [7, 11) is 0. The number of nitrogens with two attached hydrogens (primary N) is 1.